The minimum absolute atomic E-state index is 0.132. The molecule has 4 rings (SSSR count). The van der Waals surface area contributed by atoms with E-state index in [9.17, 15) is 13.2 Å². The van der Waals surface area contributed by atoms with Crippen molar-refractivity contribution in [2.24, 2.45) is 0 Å². The summed E-state index contributed by atoms with van der Waals surface area (Å²) in [7, 11) is 0. The number of pyridine rings is 1. The first-order valence-corrected chi connectivity index (χ1v) is 8.08. The van der Waals surface area contributed by atoms with E-state index in [1.165, 1.54) is 6.07 Å². The van der Waals surface area contributed by atoms with E-state index in [0.29, 0.717) is 17.3 Å². The summed E-state index contributed by atoms with van der Waals surface area (Å²) in [5, 5.41) is 5.66. The number of halogens is 3. The summed E-state index contributed by atoms with van der Waals surface area (Å²) in [6.45, 7) is 0. The van der Waals surface area contributed by atoms with Gasteiger partial charge in [0.15, 0.2) is 11.6 Å². The Balaban J connectivity index is 1.74. The molecule has 1 aliphatic carbocycles. The zero-order valence-electron chi connectivity index (χ0n) is 13.5. The Morgan fingerprint density at radius 1 is 0.923 bits per heavy atom. The van der Waals surface area contributed by atoms with Crippen LogP contribution in [0.3, 0.4) is 0 Å². The Kier molecular flexibility index (Phi) is 4.16. The third kappa shape index (κ3) is 3.44. The van der Waals surface area contributed by atoms with Gasteiger partial charge in [-0.15, -0.1) is 0 Å². The van der Waals surface area contributed by atoms with Gasteiger partial charge in [0.2, 0.25) is 5.95 Å². The first-order chi connectivity index (χ1) is 12.6. The molecule has 0 amide bonds. The summed E-state index contributed by atoms with van der Waals surface area (Å²) in [4.78, 5) is 12.9. The van der Waals surface area contributed by atoms with E-state index in [-0.39, 0.29) is 11.9 Å². The van der Waals surface area contributed by atoms with E-state index in [1.54, 1.807) is 24.4 Å². The molecule has 1 aromatic carbocycles. The molecule has 0 bridgehead atoms. The van der Waals surface area contributed by atoms with E-state index in [1.807, 2.05) is 0 Å². The van der Waals surface area contributed by atoms with Crippen LogP contribution in [0.25, 0.3) is 11.4 Å². The maximum absolute atomic E-state index is 13.9. The first kappa shape index (κ1) is 16.3. The highest BCUT2D eigenvalue weighted by molar-refractivity contribution is 5.66. The van der Waals surface area contributed by atoms with Crippen LogP contribution in [0.15, 0.2) is 42.6 Å². The lowest BCUT2D eigenvalue weighted by Gasteiger charge is -2.12. The number of anilines is 3. The number of rotatable bonds is 5. The monoisotopic (exact) mass is 357 g/mol. The van der Waals surface area contributed by atoms with Crippen molar-refractivity contribution in [3.05, 3.63) is 60.0 Å². The van der Waals surface area contributed by atoms with Crippen molar-refractivity contribution in [1.29, 1.82) is 0 Å². The van der Waals surface area contributed by atoms with E-state index in [4.69, 9.17) is 0 Å². The number of benzene rings is 1. The molecule has 0 spiro atoms. The normalized spacial score (nSPS) is 13.5. The van der Waals surface area contributed by atoms with E-state index < -0.39 is 23.1 Å². The van der Waals surface area contributed by atoms with Gasteiger partial charge >= 0.3 is 0 Å². The summed E-state index contributed by atoms with van der Waals surface area (Å²) in [5.41, 5.74) is 0.452. The van der Waals surface area contributed by atoms with Crippen LogP contribution in [0.1, 0.15) is 12.8 Å². The summed E-state index contributed by atoms with van der Waals surface area (Å²) in [6.07, 6.45) is 3.63. The van der Waals surface area contributed by atoms with E-state index in [0.717, 1.165) is 25.0 Å². The molecule has 1 saturated carbocycles. The third-order valence-corrected chi connectivity index (χ3v) is 3.86. The zero-order chi connectivity index (χ0) is 18.1. The lowest BCUT2D eigenvalue weighted by molar-refractivity contribution is 0.499. The fourth-order valence-electron chi connectivity index (χ4n) is 2.40. The van der Waals surface area contributed by atoms with Crippen LogP contribution < -0.4 is 10.6 Å². The second-order valence-corrected chi connectivity index (χ2v) is 5.94. The fraction of sp³-hybridized carbons (Fsp3) is 0.167. The Hall–Kier alpha value is -3.16. The van der Waals surface area contributed by atoms with E-state index in [2.05, 4.69) is 25.6 Å². The molecule has 3 aromatic rings. The molecule has 26 heavy (non-hydrogen) atoms. The van der Waals surface area contributed by atoms with Gasteiger partial charge in [0.1, 0.15) is 17.3 Å². The average molecular weight is 357 g/mol. The SMILES string of the molecule is Fc1ccc(F)c(Nc2cc(-c3ccccn3)nc(NC3CC3)n2)c1F. The molecule has 1 aliphatic rings. The number of nitrogens with zero attached hydrogens (tertiary/aromatic N) is 3. The number of nitrogens with one attached hydrogen (secondary N) is 2. The number of hydrogen-bond donors (Lipinski definition) is 2. The molecule has 132 valence electrons. The molecular formula is C18H14F3N5. The van der Waals surface area contributed by atoms with Crippen LogP contribution in [0.5, 0.6) is 0 Å². The van der Waals surface area contributed by atoms with Crippen molar-refractivity contribution in [3.63, 3.8) is 0 Å². The standard InChI is InChI=1S/C18H14F3N5/c19-11-6-7-12(20)17(16(11)21)25-15-9-14(13-3-1-2-8-22-13)24-18(26-15)23-10-4-5-10/h1-3,6-10H,4-5H2,(H2,23,24,25,26). The van der Waals surface area contributed by atoms with Crippen molar-refractivity contribution in [2.75, 3.05) is 10.6 Å². The largest absolute Gasteiger partial charge is 0.351 e. The van der Waals surface area contributed by atoms with Gasteiger partial charge in [-0.2, -0.15) is 4.98 Å². The highest BCUT2D eigenvalue weighted by atomic mass is 19.2. The molecule has 0 saturated heterocycles. The summed E-state index contributed by atoms with van der Waals surface area (Å²) >= 11 is 0. The van der Waals surface area contributed by atoms with Crippen molar-refractivity contribution < 1.29 is 13.2 Å². The lowest BCUT2D eigenvalue weighted by atomic mass is 10.2. The Labute approximate surface area is 147 Å². The van der Waals surface area contributed by atoms with Gasteiger partial charge in [-0.25, -0.2) is 18.2 Å². The van der Waals surface area contributed by atoms with Crippen LogP contribution in [0, 0.1) is 17.5 Å². The second kappa shape index (κ2) is 6.62. The average Bonchev–Trinajstić information content (AvgIpc) is 3.46. The highest BCUT2D eigenvalue weighted by Crippen LogP contribution is 2.29. The predicted molar refractivity (Wildman–Crippen MR) is 91.5 cm³/mol. The molecule has 0 aliphatic heterocycles. The van der Waals surface area contributed by atoms with Gasteiger partial charge in [-0.1, -0.05) is 6.07 Å². The Morgan fingerprint density at radius 3 is 2.46 bits per heavy atom. The van der Waals surface area contributed by atoms with Crippen LogP contribution in [0.4, 0.5) is 30.6 Å². The molecule has 0 radical (unpaired) electrons. The molecular weight excluding hydrogens is 343 g/mol. The van der Waals surface area contributed by atoms with Gasteiger partial charge in [-0.3, -0.25) is 4.98 Å². The molecule has 2 aromatic heterocycles. The molecule has 2 heterocycles. The van der Waals surface area contributed by atoms with Gasteiger partial charge < -0.3 is 10.6 Å². The maximum atomic E-state index is 13.9. The van der Waals surface area contributed by atoms with Crippen LogP contribution in [-0.4, -0.2) is 21.0 Å². The van der Waals surface area contributed by atoms with Crippen LogP contribution in [-0.2, 0) is 0 Å². The maximum Gasteiger partial charge on any atom is 0.225 e. The van der Waals surface area contributed by atoms with Gasteiger partial charge in [-0.05, 0) is 37.1 Å². The first-order valence-electron chi connectivity index (χ1n) is 8.08. The number of hydrogen-bond acceptors (Lipinski definition) is 5. The van der Waals surface area contributed by atoms with Crippen molar-refractivity contribution >= 4 is 17.5 Å². The molecule has 5 nitrogen and oxygen atoms in total. The summed E-state index contributed by atoms with van der Waals surface area (Å²) < 4.78 is 41.3. The minimum atomic E-state index is -1.31. The summed E-state index contributed by atoms with van der Waals surface area (Å²) in [5.74, 6) is -2.93. The predicted octanol–water partition coefficient (Wildman–Crippen LogP) is 4.27. The topological polar surface area (TPSA) is 62.7 Å². The lowest BCUT2D eigenvalue weighted by Crippen LogP contribution is -2.09. The molecule has 8 heteroatoms. The zero-order valence-corrected chi connectivity index (χ0v) is 13.5. The number of aromatic nitrogens is 3. The Morgan fingerprint density at radius 2 is 1.73 bits per heavy atom. The Bertz CT molecular complexity index is 945. The highest BCUT2D eigenvalue weighted by Gasteiger charge is 2.23. The summed E-state index contributed by atoms with van der Waals surface area (Å²) in [6, 6.07) is 8.70. The molecule has 1 fully saturated rings. The van der Waals surface area contributed by atoms with Crippen molar-refractivity contribution in [3.8, 4) is 11.4 Å². The van der Waals surface area contributed by atoms with Crippen LogP contribution >= 0.6 is 0 Å². The third-order valence-electron chi connectivity index (χ3n) is 3.86. The smallest absolute Gasteiger partial charge is 0.225 e. The van der Waals surface area contributed by atoms with Gasteiger partial charge in [0, 0.05) is 18.3 Å². The van der Waals surface area contributed by atoms with Gasteiger partial charge in [0.25, 0.3) is 0 Å². The molecule has 0 atom stereocenters. The van der Waals surface area contributed by atoms with Crippen molar-refractivity contribution in [1.82, 2.24) is 15.0 Å². The quantitative estimate of drug-likeness (QED) is 0.668. The van der Waals surface area contributed by atoms with E-state index >= 15 is 0 Å². The fourth-order valence-corrected chi connectivity index (χ4v) is 2.40. The van der Waals surface area contributed by atoms with Crippen molar-refractivity contribution in [2.45, 2.75) is 18.9 Å². The molecule has 0 unspecified atom stereocenters. The van der Waals surface area contributed by atoms with Crippen LogP contribution in [0.2, 0.25) is 0 Å². The minimum Gasteiger partial charge on any atom is -0.351 e. The van der Waals surface area contributed by atoms with Gasteiger partial charge in [0.05, 0.1) is 11.4 Å². The second-order valence-electron chi connectivity index (χ2n) is 5.94. The molecule has 2 N–H and O–H groups in total.